The van der Waals surface area contributed by atoms with Gasteiger partial charge in [0.1, 0.15) is 0 Å². The number of hydrogen-bond acceptors (Lipinski definition) is 4. The van der Waals surface area contributed by atoms with Gasteiger partial charge in [-0.3, -0.25) is 9.69 Å². The molecule has 0 unspecified atom stereocenters. The Balaban J connectivity index is 2.79. The zero-order chi connectivity index (χ0) is 12.3. The fourth-order valence-electron chi connectivity index (χ4n) is 1.55. The van der Waals surface area contributed by atoms with E-state index >= 15 is 0 Å². The van der Waals surface area contributed by atoms with E-state index in [1.165, 1.54) is 22.0 Å². The van der Waals surface area contributed by atoms with Gasteiger partial charge in [-0.05, 0) is 39.2 Å². The average Bonchev–Trinajstić information content (AvgIpc) is 2.47. The molecular weight excluding hydrogens is 222 g/mol. The molecule has 5 heteroatoms. The molecule has 0 aliphatic carbocycles. The Morgan fingerprint density at radius 3 is 2.50 bits per heavy atom. The summed E-state index contributed by atoms with van der Waals surface area (Å²) in [4.78, 5) is 14.3. The lowest BCUT2D eigenvalue weighted by molar-refractivity contribution is -0.119. The van der Waals surface area contributed by atoms with Gasteiger partial charge in [0, 0.05) is 23.0 Å². The maximum absolute atomic E-state index is 11.0. The van der Waals surface area contributed by atoms with Crippen LogP contribution < -0.4 is 5.73 Å². The minimum atomic E-state index is -0.285. The molecule has 0 radical (unpaired) electrons. The summed E-state index contributed by atoms with van der Waals surface area (Å²) in [5.74, 6) is -0.285. The third kappa shape index (κ3) is 3.28. The molecule has 4 nitrogen and oxygen atoms in total. The molecular formula is C11H19N3OS. The molecule has 90 valence electrons. The predicted octanol–water partition coefficient (Wildman–Crippen LogP) is 1.46. The normalized spacial score (nSPS) is 11.4. The first-order valence-corrected chi connectivity index (χ1v) is 6.13. The molecule has 1 amide bonds. The van der Waals surface area contributed by atoms with Gasteiger partial charge in [-0.2, -0.15) is 4.37 Å². The first-order chi connectivity index (χ1) is 7.41. The molecule has 0 aromatic carbocycles. The lowest BCUT2D eigenvalue weighted by atomic mass is 10.2. The quantitative estimate of drug-likeness (QED) is 0.849. The van der Waals surface area contributed by atoms with Gasteiger partial charge < -0.3 is 5.73 Å². The molecule has 16 heavy (non-hydrogen) atoms. The predicted molar refractivity (Wildman–Crippen MR) is 66.3 cm³/mol. The standard InChI is InChI=1S/C11H19N3OS/c1-7(2)14(6-11(12)15)5-10-8(3)13-16-9(10)4/h7H,5-6H2,1-4H3,(H2,12,15). The Kier molecular flexibility index (Phi) is 4.44. The Morgan fingerprint density at radius 2 is 2.12 bits per heavy atom. The fraction of sp³-hybridized carbons (Fsp3) is 0.636. The topological polar surface area (TPSA) is 59.2 Å². The highest BCUT2D eigenvalue weighted by Gasteiger charge is 2.16. The Hall–Kier alpha value is -0.940. The van der Waals surface area contributed by atoms with Crippen molar-refractivity contribution in [3.05, 3.63) is 16.1 Å². The van der Waals surface area contributed by atoms with Crippen LogP contribution in [0.25, 0.3) is 0 Å². The van der Waals surface area contributed by atoms with Crippen LogP contribution in [0.15, 0.2) is 0 Å². The van der Waals surface area contributed by atoms with Crippen LogP contribution in [-0.2, 0) is 11.3 Å². The summed E-state index contributed by atoms with van der Waals surface area (Å²) < 4.78 is 4.31. The van der Waals surface area contributed by atoms with Gasteiger partial charge >= 0.3 is 0 Å². The van der Waals surface area contributed by atoms with E-state index in [0.29, 0.717) is 12.6 Å². The Labute approximate surface area is 101 Å². The SMILES string of the molecule is Cc1nsc(C)c1CN(CC(N)=O)C(C)C. The highest BCUT2D eigenvalue weighted by Crippen LogP contribution is 2.19. The molecule has 0 aliphatic rings. The summed E-state index contributed by atoms with van der Waals surface area (Å²) in [7, 11) is 0. The molecule has 1 aromatic heterocycles. The molecule has 0 fully saturated rings. The fourth-order valence-corrected chi connectivity index (χ4v) is 2.26. The molecule has 0 saturated heterocycles. The van der Waals surface area contributed by atoms with Crippen molar-refractivity contribution in [3.8, 4) is 0 Å². The van der Waals surface area contributed by atoms with Gasteiger partial charge in [0.2, 0.25) is 5.91 Å². The summed E-state index contributed by atoms with van der Waals surface area (Å²) in [6, 6.07) is 0.297. The number of primary amides is 1. The van der Waals surface area contributed by atoms with Crippen molar-refractivity contribution >= 4 is 17.4 Å². The van der Waals surface area contributed by atoms with Crippen LogP contribution in [0.2, 0.25) is 0 Å². The minimum absolute atomic E-state index is 0.285. The van der Waals surface area contributed by atoms with Crippen molar-refractivity contribution in [2.24, 2.45) is 5.73 Å². The summed E-state index contributed by atoms with van der Waals surface area (Å²) >= 11 is 1.51. The number of amides is 1. The number of aromatic nitrogens is 1. The highest BCUT2D eigenvalue weighted by atomic mass is 32.1. The second kappa shape index (κ2) is 5.41. The molecule has 1 rings (SSSR count). The van der Waals surface area contributed by atoms with E-state index in [2.05, 4.69) is 30.0 Å². The van der Waals surface area contributed by atoms with Crippen LogP contribution in [-0.4, -0.2) is 27.8 Å². The second-order valence-corrected chi connectivity index (χ2v) is 5.25. The van der Waals surface area contributed by atoms with Crippen molar-refractivity contribution in [3.63, 3.8) is 0 Å². The molecule has 1 heterocycles. The maximum atomic E-state index is 11.0. The van der Waals surface area contributed by atoms with Crippen molar-refractivity contribution in [2.45, 2.75) is 40.3 Å². The van der Waals surface area contributed by atoms with E-state index in [9.17, 15) is 4.79 Å². The lowest BCUT2D eigenvalue weighted by Gasteiger charge is -2.25. The lowest BCUT2D eigenvalue weighted by Crippen LogP contribution is -2.38. The Morgan fingerprint density at radius 1 is 1.50 bits per heavy atom. The van der Waals surface area contributed by atoms with Gasteiger partial charge in [-0.15, -0.1) is 0 Å². The number of hydrogen-bond donors (Lipinski definition) is 1. The molecule has 0 bridgehead atoms. The van der Waals surface area contributed by atoms with Crippen molar-refractivity contribution in [2.75, 3.05) is 6.54 Å². The second-order valence-electron chi connectivity index (χ2n) is 4.27. The first-order valence-electron chi connectivity index (χ1n) is 5.36. The summed E-state index contributed by atoms with van der Waals surface area (Å²) in [5.41, 5.74) is 7.52. The monoisotopic (exact) mass is 241 g/mol. The number of nitrogens with zero attached hydrogens (tertiary/aromatic N) is 2. The zero-order valence-electron chi connectivity index (χ0n) is 10.3. The van der Waals surface area contributed by atoms with Gasteiger partial charge in [-0.1, -0.05) is 0 Å². The molecule has 0 saturated carbocycles. The van der Waals surface area contributed by atoms with Gasteiger partial charge in [0.15, 0.2) is 0 Å². The van der Waals surface area contributed by atoms with E-state index in [-0.39, 0.29) is 5.91 Å². The maximum Gasteiger partial charge on any atom is 0.231 e. The smallest absolute Gasteiger partial charge is 0.231 e. The number of rotatable bonds is 5. The number of carbonyl (C=O) groups excluding carboxylic acids is 1. The van der Waals surface area contributed by atoms with Crippen LogP contribution in [0, 0.1) is 13.8 Å². The van der Waals surface area contributed by atoms with Crippen LogP contribution in [0.3, 0.4) is 0 Å². The van der Waals surface area contributed by atoms with E-state index in [1.54, 1.807) is 0 Å². The molecule has 0 aliphatic heterocycles. The third-order valence-corrected chi connectivity index (χ3v) is 3.52. The van der Waals surface area contributed by atoms with Crippen molar-refractivity contribution in [1.29, 1.82) is 0 Å². The van der Waals surface area contributed by atoms with Gasteiger partial charge in [-0.25, -0.2) is 0 Å². The Bertz CT molecular complexity index is 354. The van der Waals surface area contributed by atoms with Crippen LogP contribution in [0.1, 0.15) is 30.0 Å². The first kappa shape index (κ1) is 13.1. The summed E-state index contributed by atoms with van der Waals surface area (Å²) in [5, 5.41) is 0. The van der Waals surface area contributed by atoms with E-state index in [1.807, 2.05) is 6.92 Å². The van der Waals surface area contributed by atoms with Crippen LogP contribution >= 0.6 is 11.5 Å². The van der Waals surface area contributed by atoms with Crippen molar-refractivity contribution < 1.29 is 4.79 Å². The largest absolute Gasteiger partial charge is 0.369 e. The minimum Gasteiger partial charge on any atom is -0.369 e. The zero-order valence-corrected chi connectivity index (χ0v) is 11.1. The van der Waals surface area contributed by atoms with E-state index < -0.39 is 0 Å². The molecule has 1 aromatic rings. The van der Waals surface area contributed by atoms with Gasteiger partial charge in [0.05, 0.1) is 12.2 Å². The average molecular weight is 241 g/mol. The molecule has 0 atom stereocenters. The third-order valence-electron chi connectivity index (χ3n) is 2.63. The van der Waals surface area contributed by atoms with Crippen LogP contribution in [0.5, 0.6) is 0 Å². The number of aryl methyl sites for hydroxylation is 2. The number of carbonyl (C=O) groups is 1. The summed E-state index contributed by atoms with van der Waals surface area (Å²) in [6.07, 6.45) is 0. The highest BCUT2D eigenvalue weighted by molar-refractivity contribution is 7.05. The van der Waals surface area contributed by atoms with E-state index in [0.717, 1.165) is 12.2 Å². The molecule has 0 spiro atoms. The number of nitrogens with two attached hydrogens (primary N) is 1. The van der Waals surface area contributed by atoms with Crippen molar-refractivity contribution in [1.82, 2.24) is 9.27 Å². The van der Waals surface area contributed by atoms with Gasteiger partial charge in [0.25, 0.3) is 0 Å². The summed E-state index contributed by atoms with van der Waals surface area (Å²) in [6.45, 7) is 9.23. The molecule has 2 N–H and O–H groups in total. The van der Waals surface area contributed by atoms with Crippen LogP contribution in [0.4, 0.5) is 0 Å². The van der Waals surface area contributed by atoms with E-state index in [4.69, 9.17) is 5.73 Å².